The quantitative estimate of drug-likeness (QED) is 0.405. The van der Waals surface area contributed by atoms with E-state index in [1.165, 1.54) is 23.9 Å². The van der Waals surface area contributed by atoms with Gasteiger partial charge in [-0.1, -0.05) is 59.8 Å². The monoisotopic (exact) mass is 492 g/mol. The first-order chi connectivity index (χ1) is 17.0. The lowest BCUT2D eigenvalue weighted by molar-refractivity contribution is -0.120. The zero-order valence-electron chi connectivity index (χ0n) is 19.9. The lowest BCUT2D eigenvalue weighted by atomic mass is 10.0. The molecule has 0 fully saturated rings. The van der Waals surface area contributed by atoms with Crippen molar-refractivity contribution in [1.82, 2.24) is 20.1 Å². The van der Waals surface area contributed by atoms with Crippen molar-refractivity contribution in [2.45, 2.75) is 43.2 Å². The van der Waals surface area contributed by atoms with Crippen molar-refractivity contribution in [3.8, 4) is 5.69 Å². The average Bonchev–Trinajstić information content (AvgIpc) is 3.28. The zero-order valence-corrected chi connectivity index (χ0v) is 20.7. The van der Waals surface area contributed by atoms with Crippen LogP contribution >= 0.6 is 11.8 Å². The van der Waals surface area contributed by atoms with Gasteiger partial charge in [0.25, 0.3) is 0 Å². The maximum Gasteiger partial charge on any atom is 0.220 e. The number of carbonyl (C=O) groups is 1. The summed E-state index contributed by atoms with van der Waals surface area (Å²) in [4.78, 5) is 12.6. The summed E-state index contributed by atoms with van der Waals surface area (Å²) in [5.74, 6) is 0.960. The van der Waals surface area contributed by atoms with Gasteiger partial charge in [0.15, 0.2) is 5.16 Å². The molecule has 0 saturated carbocycles. The van der Waals surface area contributed by atoms with Crippen molar-refractivity contribution in [2.75, 3.05) is 13.7 Å². The summed E-state index contributed by atoms with van der Waals surface area (Å²) in [5.41, 5.74) is 4.01. The van der Waals surface area contributed by atoms with Crippen LogP contribution in [-0.2, 0) is 21.7 Å². The van der Waals surface area contributed by atoms with Crippen LogP contribution in [0.4, 0.5) is 4.39 Å². The smallest absolute Gasteiger partial charge is 0.220 e. The molecule has 1 amide bonds. The molecule has 0 radical (unpaired) electrons. The predicted molar refractivity (Wildman–Crippen MR) is 136 cm³/mol. The van der Waals surface area contributed by atoms with E-state index in [1.807, 2.05) is 54.0 Å². The maximum atomic E-state index is 13.6. The number of aromatic nitrogens is 3. The second-order valence-corrected chi connectivity index (χ2v) is 9.34. The van der Waals surface area contributed by atoms with Crippen molar-refractivity contribution in [1.29, 1.82) is 0 Å². The number of aryl methyl sites for hydroxylation is 2. The highest BCUT2D eigenvalue weighted by atomic mass is 32.2. The number of nitrogens with zero attached hydrogens (tertiary/aromatic N) is 3. The van der Waals surface area contributed by atoms with Gasteiger partial charge < -0.3 is 10.1 Å². The first-order valence-corrected chi connectivity index (χ1v) is 12.6. The Kier molecular flexibility index (Phi) is 8.50. The Labute approximate surface area is 209 Å². The van der Waals surface area contributed by atoms with E-state index in [0.29, 0.717) is 36.1 Å². The Bertz CT molecular complexity index is 1220. The summed E-state index contributed by atoms with van der Waals surface area (Å²) < 4.78 is 21.0. The molecule has 182 valence electrons. The van der Waals surface area contributed by atoms with E-state index in [0.717, 1.165) is 28.8 Å². The van der Waals surface area contributed by atoms with Gasteiger partial charge in [0.1, 0.15) is 11.6 Å². The Morgan fingerprint density at radius 2 is 2.06 bits per heavy atom. The SMILES string of the molecule is COC1CC=CC=C1CNC(=O)CCc1nnc(SCc2cccc(F)c2)n1-c1ccc(C)cc1. The molecule has 35 heavy (non-hydrogen) atoms. The number of hydrogen-bond donors (Lipinski definition) is 1. The minimum absolute atomic E-state index is 0.00242. The topological polar surface area (TPSA) is 69.0 Å². The van der Waals surface area contributed by atoms with Crippen LogP contribution < -0.4 is 5.32 Å². The van der Waals surface area contributed by atoms with E-state index in [4.69, 9.17) is 4.74 Å². The van der Waals surface area contributed by atoms with Gasteiger partial charge in [-0.05, 0) is 48.7 Å². The number of methoxy groups -OCH3 is 1. The van der Waals surface area contributed by atoms with E-state index in [-0.39, 0.29) is 17.8 Å². The highest BCUT2D eigenvalue weighted by molar-refractivity contribution is 7.98. The Morgan fingerprint density at radius 1 is 1.23 bits per heavy atom. The lowest BCUT2D eigenvalue weighted by Crippen LogP contribution is -2.30. The summed E-state index contributed by atoms with van der Waals surface area (Å²) in [6, 6.07) is 14.6. The summed E-state index contributed by atoms with van der Waals surface area (Å²) >= 11 is 1.49. The standard InChI is InChI=1S/C27H29FN4O2S/c1-19-10-12-23(13-11-19)32-25(30-31-27(32)35-18-20-6-5-8-22(28)16-20)14-15-26(33)29-17-21-7-3-4-9-24(21)34-2/h3-8,10-13,16,24H,9,14-15,17-18H2,1-2H3,(H,29,33). The van der Waals surface area contributed by atoms with Crippen molar-refractivity contribution in [2.24, 2.45) is 0 Å². The number of nitrogens with one attached hydrogen (secondary N) is 1. The number of ether oxygens (including phenoxy) is 1. The fourth-order valence-electron chi connectivity index (χ4n) is 3.87. The van der Waals surface area contributed by atoms with Crippen molar-refractivity contribution >= 4 is 17.7 Å². The average molecular weight is 493 g/mol. The summed E-state index contributed by atoms with van der Waals surface area (Å²) in [6.45, 7) is 2.49. The molecule has 1 aliphatic rings. The maximum absolute atomic E-state index is 13.6. The van der Waals surface area contributed by atoms with Gasteiger partial charge in [-0.2, -0.15) is 0 Å². The number of benzene rings is 2. The lowest BCUT2D eigenvalue weighted by Gasteiger charge is -2.20. The highest BCUT2D eigenvalue weighted by Gasteiger charge is 2.18. The molecular formula is C27H29FN4O2S. The second kappa shape index (κ2) is 12.0. The van der Waals surface area contributed by atoms with Crippen LogP contribution in [-0.4, -0.2) is 40.4 Å². The van der Waals surface area contributed by atoms with Crippen LogP contribution in [0.5, 0.6) is 0 Å². The Morgan fingerprint density at radius 3 is 2.83 bits per heavy atom. The van der Waals surface area contributed by atoms with Gasteiger partial charge >= 0.3 is 0 Å². The number of halogens is 1. The van der Waals surface area contributed by atoms with Crippen LogP contribution in [0.25, 0.3) is 5.69 Å². The molecule has 3 aromatic rings. The Balaban J connectivity index is 1.44. The van der Waals surface area contributed by atoms with E-state index in [1.54, 1.807) is 13.2 Å². The molecule has 1 aliphatic carbocycles. The molecule has 0 aliphatic heterocycles. The Hall–Kier alpha value is -3.23. The third kappa shape index (κ3) is 6.68. The van der Waals surface area contributed by atoms with Crippen molar-refractivity contribution in [3.63, 3.8) is 0 Å². The van der Waals surface area contributed by atoms with Crippen LogP contribution in [0, 0.1) is 12.7 Å². The van der Waals surface area contributed by atoms with Crippen molar-refractivity contribution in [3.05, 3.63) is 95.1 Å². The molecule has 4 rings (SSSR count). The minimum atomic E-state index is -0.258. The third-order valence-corrected chi connectivity index (χ3v) is 6.81. The minimum Gasteiger partial charge on any atom is -0.377 e. The molecular weight excluding hydrogens is 463 g/mol. The number of carbonyl (C=O) groups excluding carboxylic acids is 1. The zero-order chi connectivity index (χ0) is 24.6. The first-order valence-electron chi connectivity index (χ1n) is 11.6. The summed E-state index contributed by atoms with van der Waals surface area (Å²) in [5, 5.41) is 12.5. The molecule has 1 aromatic heterocycles. The largest absolute Gasteiger partial charge is 0.377 e. The molecule has 2 aromatic carbocycles. The predicted octanol–water partition coefficient (Wildman–Crippen LogP) is 4.96. The fraction of sp³-hybridized carbons (Fsp3) is 0.296. The van der Waals surface area contributed by atoms with Gasteiger partial charge in [0.2, 0.25) is 5.91 Å². The molecule has 0 saturated heterocycles. The van der Waals surface area contributed by atoms with Gasteiger partial charge in [0, 0.05) is 37.9 Å². The molecule has 1 atom stereocenters. The number of allylic oxidation sites excluding steroid dienone is 2. The molecule has 1 heterocycles. The van der Waals surface area contributed by atoms with Gasteiger partial charge in [-0.3, -0.25) is 9.36 Å². The fourth-order valence-corrected chi connectivity index (χ4v) is 4.78. The normalized spacial score (nSPS) is 15.2. The highest BCUT2D eigenvalue weighted by Crippen LogP contribution is 2.26. The molecule has 0 bridgehead atoms. The van der Waals surface area contributed by atoms with Gasteiger partial charge in [-0.15, -0.1) is 10.2 Å². The van der Waals surface area contributed by atoms with Gasteiger partial charge in [-0.25, -0.2) is 4.39 Å². The summed E-state index contributed by atoms with van der Waals surface area (Å²) in [7, 11) is 1.68. The van der Waals surface area contributed by atoms with E-state index in [2.05, 4.69) is 21.6 Å². The molecule has 8 heteroatoms. The number of amides is 1. The third-order valence-electron chi connectivity index (χ3n) is 5.81. The van der Waals surface area contributed by atoms with E-state index in [9.17, 15) is 9.18 Å². The molecule has 1 unspecified atom stereocenters. The second-order valence-electron chi connectivity index (χ2n) is 8.39. The van der Waals surface area contributed by atoms with E-state index >= 15 is 0 Å². The van der Waals surface area contributed by atoms with Gasteiger partial charge in [0.05, 0.1) is 6.10 Å². The molecule has 6 nitrogen and oxygen atoms in total. The number of rotatable bonds is 10. The van der Waals surface area contributed by atoms with Crippen LogP contribution in [0.15, 0.2) is 77.5 Å². The van der Waals surface area contributed by atoms with Crippen LogP contribution in [0.2, 0.25) is 0 Å². The molecule has 1 N–H and O–H groups in total. The number of hydrogen-bond acceptors (Lipinski definition) is 5. The van der Waals surface area contributed by atoms with E-state index < -0.39 is 0 Å². The number of thioether (sulfide) groups is 1. The van der Waals surface area contributed by atoms with Crippen molar-refractivity contribution < 1.29 is 13.9 Å². The van der Waals surface area contributed by atoms with Crippen LogP contribution in [0.1, 0.15) is 29.8 Å². The molecule has 0 spiro atoms. The first kappa shape index (κ1) is 24.9. The van der Waals surface area contributed by atoms with Crippen LogP contribution in [0.3, 0.4) is 0 Å². The summed E-state index contributed by atoms with van der Waals surface area (Å²) in [6.07, 6.45) is 7.59.